The van der Waals surface area contributed by atoms with E-state index < -0.39 is 14.4 Å². The lowest BCUT2D eigenvalue weighted by molar-refractivity contribution is -0.274. The molecule has 0 aromatic heterocycles. The number of halogens is 3. The first kappa shape index (κ1) is 12.1. The van der Waals surface area contributed by atoms with Gasteiger partial charge in [-0.25, -0.2) is 0 Å². The Morgan fingerprint density at radius 1 is 1.13 bits per heavy atom. The summed E-state index contributed by atoms with van der Waals surface area (Å²) in [6, 6.07) is 6.22. The largest absolute Gasteiger partial charge is 0.573 e. The van der Waals surface area contributed by atoms with Crippen LogP contribution in [0.25, 0.3) is 0 Å². The Hall–Kier alpha value is -0.973. The Bertz CT molecular complexity index is 341. The van der Waals surface area contributed by atoms with Crippen molar-refractivity contribution < 1.29 is 17.9 Å². The van der Waals surface area contributed by atoms with E-state index in [0.717, 1.165) is 5.19 Å². The molecule has 0 aliphatic carbocycles. The summed E-state index contributed by atoms with van der Waals surface area (Å²) in [6.07, 6.45) is -4.61. The molecule has 1 aromatic rings. The predicted octanol–water partition coefficient (Wildman–Crippen LogP) is 3.13. The van der Waals surface area contributed by atoms with Crippen LogP contribution in [-0.4, -0.2) is 14.4 Å². The van der Waals surface area contributed by atoms with Gasteiger partial charge in [0.15, 0.2) is 0 Å². The monoisotopic (exact) mass is 234 g/mol. The molecule has 0 fully saturated rings. The third-order valence-corrected chi connectivity index (χ3v) is 3.98. The van der Waals surface area contributed by atoms with Gasteiger partial charge in [0, 0.05) is 0 Å². The van der Waals surface area contributed by atoms with Crippen molar-refractivity contribution in [1.29, 1.82) is 0 Å². The minimum atomic E-state index is -4.61. The van der Waals surface area contributed by atoms with Crippen LogP contribution in [-0.2, 0) is 0 Å². The van der Waals surface area contributed by atoms with Crippen molar-refractivity contribution in [3.8, 4) is 5.75 Å². The Morgan fingerprint density at radius 3 is 2.20 bits per heavy atom. The molecular weight excluding hydrogens is 221 g/mol. The summed E-state index contributed by atoms with van der Waals surface area (Å²) in [5.41, 5.74) is 0. The zero-order chi connectivity index (χ0) is 11.7. The summed E-state index contributed by atoms with van der Waals surface area (Å²) in [6.45, 7) is 6.21. The van der Waals surface area contributed by atoms with E-state index in [0.29, 0.717) is 0 Å². The first-order valence-electron chi connectivity index (χ1n) is 4.55. The fourth-order valence-electron chi connectivity index (χ4n) is 1.16. The van der Waals surface area contributed by atoms with Crippen molar-refractivity contribution >= 4 is 13.3 Å². The second-order valence-electron chi connectivity index (χ2n) is 4.33. The molecule has 0 unspecified atom stereocenters. The molecule has 0 aliphatic heterocycles. The van der Waals surface area contributed by atoms with E-state index in [1.54, 1.807) is 6.07 Å². The fourth-order valence-corrected chi connectivity index (χ4v) is 2.33. The van der Waals surface area contributed by atoms with E-state index in [1.807, 2.05) is 6.07 Å². The van der Waals surface area contributed by atoms with Crippen LogP contribution in [0.4, 0.5) is 13.2 Å². The summed E-state index contributed by atoms with van der Waals surface area (Å²) >= 11 is 0. The lowest BCUT2D eigenvalue weighted by Crippen LogP contribution is -2.37. The van der Waals surface area contributed by atoms with Crippen LogP contribution in [0.15, 0.2) is 24.3 Å². The van der Waals surface area contributed by atoms with Gasteiger partial charge in [-0.2, -0.15) is 0 Å². The highest BCUT2D eigenvalue weighted by Gasteiger charge is 2.31. The van der Waals surface area contributed by atoms with Crippen LogP contribution in [0.5, 0.6) is 5.75 Å². The molecule has 84 valence electrons. The van der Waals surface area contributed by atoms with Gasteiger partial charge < -0.3 is 4.74 Å². The van der Waals surface area contributed by atoms with Crippen LogP contribution in [0.3, 0.4) is 0 Å². The van der Waals surface area contributed by atoms with Crippen molar-refractivity contribution in [1.82, 2.24) is 0 Å². The van der Waals surface area contributed by atoms with Crippen molar-refractivity contribution in [2.75, 3.05) is 0 Å². The highest BCUT2D eigenvalue weighted by Crippen LogP contribution is 2.22. The predicted molar refractivity (Wildman–Crippen MR) is 56.1 cm³/mol. The van der Waals surface area contributed by atoms with Gasteiger partial charge >= 0.3 is 6.36 Å². The average molecular weight is 234 g/mol. The molecule has 0 bridgehead atoms. The van der Waals surface area contributed by atoms with Gasteiger partial charge in [0.05, 0.1) is 8.07 Å². The summed E-state index contributed by atoms with van der Waals surface area (Å²) < 4.78 is 39.7. The molecule has 15 heavy (non-hydrogen) atoms. The van der Waals surface area contributed by atoms with Gasteiger partial charge in [-0.3, -0.25) is 0 Å². The number of rotatable bonds is 2. The quantitative estimate of drug-likeness (QED) is 0.714. The zero-order valence-corrected chi connectivity index (χ0v) is 9.85. The van der Waals surface area contributed by atoms with E-state index in [9.17, 15) is 13.2 Å². The molecule has 1 aromatic carbocycles. The summed E-state index contributed by atoms with van der Waals surface area (Å²) in [4.78, 5) is 0. The Balaban J connectivity index is 2.94. The standard InChI is InChI=1S/C10H13F3OSi/c1-15(2,3)9-6-4-5-8(7-9)14-10(11,12)13/h4-7H,1-3H3. The molecule has 0 saturated carbocycles. The number of alkyl halides is 3. The van der Waals surface area contributed by atoms with Gasteiger partial charge in [-0.1, -0.05) is 37.0 Å². The van der Waals surface area contributed by atoms with Crippen molar-refractivity contribution in [3.63, 3.8) is 0 Å². The van der Waals surface area contributed by atoms with E-state index in [-0.39, 0.29) is 5.75 Å². The number of benzene rings is 1. The SMILES string of the molecule is C[Si](C)(C)c1cccc(OC(F)(F)F)c1. The van der Waals surface area contributed by atoms with Crippen LogP contribution in [0.2, 0.25) is 19.6 Å². The summed E-state index contributed by atoms with van der Waals surface area (Å²) in [5.74, 6) is -0.137. The van der Waals surface area contributed by atoms with Crippen LogP contribution in [0, 0.1) is 0 Å². The molecule has 1 nitrogen and oxygen atoms in total. The summed E-state index contributed by atoms with van der Waals surface area (Å²) in [5, 5.41) is 0.948. The highest BCUT2D eigenvalue weighted by atomic mass is 28.3. The average Bonchev–Trinajstić information content (AvgIpc) is 1.99. The van der Waals surface area contributed by atoms with Crippen LogP contribution in [0.1, 0.15) is 0 Å². The summed E-state index contributed by atoms with van der Waals surface area (Å²) in [7, 11) is -1.59. The molecule has 0 spiro atoms. The fraction of sp³-hybridized carbons (Fsp3) is 0.400. The maximum absolute atomic E-state index is 12.0. The van der Waals surface area contributed by atoms with E-state index in [4.69, 9.17) is 0 Å². The Morgan fingerprint density at radius 2 is 1.73 bits per heavy atom. The minimum absolute atomic E-state index is 0.137. The van der Waals surface area contributed by atoms with E-state index >= 15 is 0 Å². The second kappa shape index (κ2) is 3.88. The molecule has 0 saturated heterocycles. The first-order chi connectivity index (χ1) is 6.68. The second-order valence-corrected chi connectivity index (χ2v) is 9.40. The maximum Gasteiger partial charge on any atom is 0.573 e. The molecule has 0 atom stereocenters. The minimum Gasteiger partial charge on any atom is -0.406 e. The lowest BCUT2D eigenvalue weighted by atomic mass is 10.3. The lowest BCUT2D eigenvalue weighted by Gasteiger charge is -2.18. The molecule has 5 heteroatoms. The molecule has 1 rings (SSSR count). The van der Waals surface area contributed by atoms with Gasteiger partial charge in [-0.05, 0) is 12.1 Å². The molecule has 0 heterocycles. The number of hydrogen-bond donors (Lipinski definition) is 0. The highest BCUT2D eigenvalue weighted by molar-refractivity contribution is 6.88. The topological polar surface area (TPSA) is 9.23 Å². The molecular formula is C10H13F3OSi. The molecule has 0 radical (unpaired) electrons. The number of hydrogen-bond acceptors (Lipinski definition) is 1. The van der Waals surface area contributed by atoms with Gasteiger partial charge in [0.25, 0.3) is 0 Å². The normalized spacial score (nSPS) is 12.7. The molecule has 0 aliphatic rings. The van der Waals surface area contributed by atoms with Crippen molar-refractivity contribution in [2.24, 2.45) is 0 Å². The van der Waals surface area contributed by atoms with E-state index in [1.165, 1.54) is 12.1 Å². The smallest absolute Gasteiger partial charge is 0.406 e. The molecule has 0 N–H and O–H groups in total. The van der Waals surface area contributed by atoms with Crippen molar-refractivity contribution in [3.05, 3.63) is 24.3 Å². The first-order valence-corrected chi connectivity index (χ1v) is 8.05. The zero-order valence-electron chi connectivity index (χ0n) is 8.85. The van der Waals surface area contributed by atoms with Crippen LogP contribution >= 0.6 is 0 Å². The number of ether oxygens (including phenoxy) is 1. The van der Waals surface area contributed by atoms with Crippen molar-refractivity contribution in [2.45, 2.75) is 26.0 Å². The van der Waals surface area contributed by atoms with Gasteiger partial charge in [0.2, 0.25) is 0 Å². The molecule has 0 amide bonds. The van der Waals surface area contributed by atoms with Gasteiger partial charge in [0.1, 0.15) is 5.75 Å². The maximum atomic E-state index is 12.0. The van der Waals surface area contributed by atoms with Crippen LogP contribution < -0.4 is 9.92 Å². The van der Waals surface area contributed by atoms with Gasteiger partial charge in [-0.15, -0.1) is 13.2 Å². The van der Waals surface area contributed by atoms with E-state index in [2.05, 4.69) is 24.4 Å². The Labute approximate surface area is 87.9 Å². The third kappa shape index (κ3) is 3.95. The Kier molecular flexibility index (Phi) is 3.13. The third-order valence-electron chi connectivity index (χ3n) is 1.93.